The van der Waals surface area contributed by atoms with E-state index in [2.05, 4.69) is 25.8 Å². The van der Waals surface area contributed by atoms with Crippen LogP contribution in [0.5, 0.6) is 0 Å². The van der Waals surface area contributed by atoms with Gasteiger partial charge in [-0.2, -0.15) is 0 Å². The highest BCUT2D eigenvalue weighted by Crippen LogP contribution is 2.19. The molecule has 0 spiro atoms. The van der Waals surface area contributed by atoms with Crippen LogP contribution in [0, 0.1) is 12.7 Å². The van der Waals surface area contributed by atoms with Crippen LogP contribution in [-0.2, 0) is 0 Å². The number of hydrogen-bond acceptors (Lipinski definition) is 6. The lowest BCUT2D eigenvalue weighted by Gasteiger charge is -2.07. The summed E-state index contributed by atoms with van der Waals surface area (Å²) >= 11 is 0. The number of aryl methyl sites for hydroxylation is 1. The molecule has 0 aliphatic rings. The van der Waals surface area contributed by atoms with Crippen molar-refractivity contribution >= 4 is 23.1 Å². The zero-order valence-corrected chi connectivity index (χ0v) is 11.2. The molecule has 6 nitrogen and oxygen atoms in total. The molecule has 3 rings (SSSR count). The number of nitrogens with one attached hydrogen (secondary N) is 2. The summed E-state index contributed by atoms with van der Waals surface area (Å²) in [5.41, 5.74) is 0.735. The largest absolute Gasteiger partial charge is 0.360 e. The van der Waals surface area contributed by atoms with Gasteiger partial charge in [0.15, 0.2) is 5.82 Å². The maximum Gasteiger partial charge on any atom is 0.175 e. The van der Waals surface area contributed by atoms with Crippen LogP contribution >= 0.6 is 0 Å². The Morgan fingerprint density at radius 1 is 0.952 bits per heavy atom. The van der Waals surface area contributed by atoms with E-state index < -0.39 is 0 Å². The van der Waals surface area contributed by atoms with E-state index in [1.165, 1.54) is 18.5 Å². The van der Waals surface area contributed by atoms with Gasteiger partial charge in [-0.05, 0) is 31.2 Å². The van der Waals surface area contributed by atoms with E-state index in [0.717, 1.165) is 5.69 Å². The summed E-state index contributed by atoms with van der Waals surface area (Å²) in [4.78, 5) is 8.20. The summed E-state index contributed by atoms with van der Waals surface area (Å²) in [5.74, 6) is 2.14. The molecule has 0 bridgehead atoms. The molecule has 3 aromatic rings. The van der Waals surface area contributed by atoms with Crippen molar-refractivity contribution in [3.05, 3.63) is 54.3 Å². The summed E-state index contributed by atoms with van der Waals surface area (Å²) in [6, 6.07) is 9.49. The molecule has 106 valence electrons. The van der Waals surface area contributed by atoms with Crippen LogP contribution in [0.4, 0.5) is 27.5 Å². The summed E-state index contributed by atoms with van der Waals surface area (Å²) in [5, 5.41) is 9.89. The van der Waals surface area contributed by atoms with E-state index >= 15 is 0 Å². The minimum atomic E-state index is -0.285. The monoisotopic (exact) mass is 285 g/mol. The lowest BCUT2D eigenvalue weighted by Crippen LogP contribution is -1.98. The molecular weight excluding hydrogens is 273 g/mol. The predicted molar refractivity (Wildman–Crippen MR) is 76.2 cm³/mol. The second kappa shape index (κ2) is 5.58. The second-order valence-electron chi connectivity index (χ2n) is 4.37. The van der Waals surface area contributed by atoms with E-state index in [1.807, 2.05) is 0 Å². The van der Waals surface area contributed by atoms with Gasteiger partial charge in [0, 0.05) is 17.8 Å². The predicted octanol–water partition coefficient (Wildman–Crippen LogP) is 3.40. The van der Waals surface area contributed by atoms with Crippen LogP contribution < -0.4 is 10.6 Å². The van der Waals surface area contributed by atoms with Crippen molar-refractivity contribution in [2.45, 2.75) is 6.92 Å². The fourth-order valence-corrected chi connectivity index (χ4v) is 1.73. The molecule has 7 heteroatoms. The Balaban J connectivity index is 1.75. The molecule has 0 saturated heterocycles. The summed E-state index contributed by atoms with van der Waals surface area (Å²) in [6.45, 7) is 1.81. The van der Waals surface area contributed by atoms with Gasteiger partial charge in [0.05, 0.1) is 0 Å². The SMILES string of the molecule is Cc1cc(Nc2cc(Nc3ccc(F)cc3)ncn2)no1. The lowest BCUT2D eigenvalue weighted by molar-refractivity contribution is 0.400. The first kappa shape index (κ1) is 13.0. The van der Waals surface area contributed by atoms with E-state index in [9.17, 15) is 4.39 Å². The van der Waals surface area contributed by atoms with Gasteiger partial charge in [0.25, 0.3) is 0 Å². The summed E-state index contributed by atoms with van der Waals surface area (Å²) in [6.07, 6.45) is 1.42. The highest BCUT2D eigenvalue weighted by Gasteiger charge is 2.04. The molecule has 2 aromatic heterocycles. The van der Waals surface area contributed by atoms with Gasteiger partial charge < -0.3 is 15.2 Å². The number of hydrogen-bond donors (Lipinski definition) is 2. The quantitative estimate of drug-likeness (QED) is 0.765. The van der Waals surface area contributed by atoms with Gasteiger partial charge in [0.2, 0.25) is 0 Å². The van der Waals surface area contributed by atoms with Gasteiger partial charge in [-0.1, -0.05) is 5.16 Å². The van der Waals surface area contributed by atoms with Crippen LogP contribution in [0.25, 0.3) is 0 Å². The number of aromatic nitrogens is 3. The zero-order chi connectivity index (χ0) is 14.7. The standard InChI is InChI=1S/C14H12FN5O/c1-9-6-14(20-21-9)19-13-7-12(16-8-17-13)18-11-4-2-10(15)3-5-11/h2-8H,1H3,(H2,16,17,18,19,20). The van der Waals surface area contributed by atoms with Crippen LogP contribution in [0.1, 0.15) is 5.76 Å². The first-order valence-electron chi connectivity index (χ1n) is 6.24. The number of nitrogens with zero attached hydrogens (tertiary/aromatic N) is 3. The van der Waals surface area contributed by atoms with Crippen molar-refractivity contribution in [2.75, 3.05) is 10.6 Å². The van der Waals surface area contributed by atoms with Gasteiger partial charge in [-0.3, -0.25) is 0 Å². The third-order valence-corrected chi connectivity index (χ3v) is 2.67. The van der Waals surface area contributed by atoms with E-state index in [-0.39, 0.29) is 5.82 Å². The number of rotatable bonds is 4. The van der Waals surface area contributed by atoms with E-state index in [4.69, 9.17) is 4.52 Å². The molecule has 0 aliphatic heterocycles. The first-order chi connectivity index (χ1) is 10.2. The molecule has 0 unspecified atom stereocenters. The van der Waals surface area contributed by atoms with Gasteiger partial charge >= 0.3 is 0 Å². The van der Waals surface area contributed by atoms with E-state index in [0.29, 0.717) is 23.2 Å². The molecule has 0 fully saturated rings. The average molecular weight is 285 g/mol. The highest BCUT2D eigenvalue weighted by molar-refractivity contribution is 5.61. The molecule has 1 aromatic carbocycles. The summed E-state index contributed by atoms with van der Waals surface area (Å²) < 4.78 is 17.8. The third-order valence-electron chi connectivity index (χ3n) is 2.67. The Kier molecular flexibility index (Phi) is 3.46. The summed E-state index contributed by atoms with van der Waals surface area (Å²) in [7, 11) is 0. The highest BCUT2D eigenvalue weighted by atomic mass is 19.1. The molecular formula is C14H12FN5O. The maximum absolute atomic E-state index is 12.9. The minimum absolute atomic E-state index is 0.285. The van der Waals surface area contributed by atoms with Crippen molar-refractivity contribution in [3.63, 3.8) is 0 Å². The minimum Gasteiger partial charge on any atom is -0.360 e. The Morgan fingerprint density at radius 3 is 2.33 bits per heavy atom. The Bertz CT molecular complexity index is 741. The number of anilines is 4. The van der Waals surface area contributed by atoms with E-state index in [1.54, 1.807) is 31.2 Å². The second-order valence-corrected chi connectivity index (χ2v) is 4.37. The Labute approximate surface area is 120 Å². The van der Waals surface area contributed by atoms with Crippen LogP contribution in [0.15, 0.2) is 47.2 Å². The normalized spacial score (nSPS) is 10.4. The fourth-order valence-electron chi connectivity index (χ4n) is 1.73. The Morgan fingerprint density at radius 2 is 1.67 bits per heavy atom. The van der Waals surface area contributed by atoms with Crippen LogP contribution in [-0.4, -0.2) is 15.1 Å². The third kappa shape index (κ3) is 3.33. The van der Waals surface area contributed by atoms with Crippen molar-refractivity contribution in [3.8, 4) is 0 Å². The molecule has 2 N–H and O–H groups in total. The first-order valence-corrected chi connectivity index (χ1v) is 6.24. The molecule has 0 radical (unpaired) electrons. The van der Waals surface area contributed by atoms with Crippen LogP contribution in [0.3, 0.4) is 0 Å². The molecule has 0 atom stereocenters. The Hall–Kier alpha value is -2.96. The van der Waals surface area contributed by atoms with Gasteiger partial charge in [-0.15, -0.1) is 0 Å². The molecule has 21 heavy (non-hydrogen) atoms. The maximum atomic E-state index is 12.9. The number of benzene rings is 1. The van der Waals surface area contributed by atoms with Crippen LogP contribution in [0.2, 0.25) is 0 Å². The van der Waals surface area contributed by atoms with Gasteiger partial charge in [-0.25, -0.2) is 14.4 Å². The van der Waals surface area contributed by atoms with Gasteiger partial charge in [0.1, 0.15) is 29.5 Å². The zero-order valence-electron chi connectivity index (χ0n) is 11.2. The smallest absolute Gasteiger partial charge is 0.175 e. The topological polar surface area (TPSA) is 75.9 Å². The number of halogens is 1. The van der Waals surface area contributed by atoms with Crippen molar-refractivity contribution in [1.29, 1.82) is 0 Å². The van der Waals surface area contributed by atoms with Crippen molar-refractivity contribution < 1.29 is 8.91 Å². The molecule has 2 heterocycles. The lowest BCUT2D eigenvalue weighted by atomic mass is 10.3. The van der Waals surface area contributed by atoms with Crippen molar-refractivity contribution in [1.82, 2.24) is 15.1 Å². The fraction of sp³-hybridized carbons (Fsp3) is 0.0714. The average Bonchev–Trinajstić information content (AvgIpc) is 2.87. The molecule has 0 aliphatic carbocycles. The van der Waals surface area contributed by atoms with Crippen molar-refractivity contribution in [2.24, 2.45) is 0 Å². The molecule has 0 amide bonds. The molecule has 0 saturated carbocycles.